The number of hydrogen-bond acceptors (Lipinski definition) is 5. The molecule has 0 saturated carbocycles. The summed E-state index contributed by atoms with van der Waals surface area (Å²) in [5, 5.41) is 11.9. The van der Waals surface area contributed by atoms with E-state index in [2.05, 4.69) is 26.9 Å². The number of methoxy groups -OCH3 is 1. The molecule has 0 saturated heterocycles. The molecule has 2 atom stereocenters. The number of likely N-dealkylation sites (N-methyl/N-ethyl adjacent to an activating group) is 1. The Kier molecular flexibility index (Phi) is 7.78. The number of hydroxylamine groups is 2. The van der Waals surface area contributed by atoms with Gasteiger partial charge in [-0.3, -0.25) is 14.5 Å². The Hall–Kier alpha value is -1.77. The van der Waals surface area contributed by atoms with E-state index in [-0.39, 0.29) is 12.5 Å². The van der Waals surface area contributed by atoms with Crippen molar-refractivity contribution in [2.24, 2.45) is 0 Å². The maximum atomic E-state index is 14.0. The third kappa shape index (κ3) is 4.50. The molecule has 32 heavy (non-hydrogen) atoms. The Labute approximate surface area is 199 Å². The molecule has 1 aliphatic carbocycles. The van der Waals surface area contributed by atoms with Crippen LogP contribution in [0.3, 0.4) is 0 Å². The first kappa shape index (κ1) is 24.9. The fourth-order valence-corrected chi connectivity index (χ4v) is 5.56. The summed E-state index contributed by atoms with van der Waals surface area (Å²) in [6.07, 6.45) is 1.75. The van der Waals surface area contributed by atoms with Crippen molar-refractivity contribution < 1.29 is 19.5 Å². The van der Waals surface area contributed by atoms with E-state index in [4.69, 9.17) is 9.57 Å². The number of aliphatic hydroxyl groups excluding tert-OH is 1. The summed E-state index contributed by atoms with van der Waals surface area (Å²) in [7, 11) is 4.76. The number of hydrogen-bond donors (Lipinski definition) is 1. The van der Waals surface area contributed by atoms with E-state index in [9.17, 15) is 9.90 Å². The van der Waals surface area contributed by atoms with Gasteiger partial charge in [-0.15, -0.1) is 0 Å². The van der Waals surface area contributed by atoms with Crippen molar-refractivity contribution in [1.29, 1.82) is 0 Å². The fourth-order valence-electron chi connectivity index (χ4n) is 4.95. The molecule has 1 amide bonds. The first-order valence-corrected chi connectivity index (χ1v) is 11.6. The summed E-state index contributed by atoms with van der Waals surface area (Å²) in [6.45, 7) is 3.72. The summed E-state index contributed by atoms with van der Waals surface area (Å²) in [6, 6.07) is 15.4. The monoisotopic (exact) mass is 504 g/mol. The molecule has 1 aliphatic rings. The second kappa shape index (κ2) is 10.0. The van der Waals surface area contributed by atoms with E-state index in [0.29, 0.717) is 19.3 Å². The molecule has 0 aromatic heterocycles. The standard InChI is InChI=1S/C25H33BrN2O4/c1-24(2,31-4)28(22(17-29)18-10-7-6-8-11-18)25(23(30)27(3)32-5)15-14-20-19(16-25)12-9-13-21(20)26/h6-13,22,29H,14-17H2,1-5H3/t22-,25+/m1/s1. The van der Waals surface area contributed by atoms with Crippen molar-refractivity contribution in [3.8, 4) is 0 Å². The molecule has 0 unspecified atom stereocenters. The van der Waals surface area contributed by atoms with Crippen LogP contribution in [0.15, 0.2) is 53.0 Å². The van der Waals surface area contributed by atoms with Crippen LogP contribution in [-0.4, -0.2) is 60.1 Å². The zero-order valence-electron chi connectivity index (χ0n) is 19.5. The predicted molar refractivity (Wildman–Crippen MR) is 128 cm³/mol. The van der Waals surface area contributed by atoms with Crippen LogP contribution < -0.4 is 0 Å². The SMILES string of the molecule is CON(C)C(=O)[C@]1(N([C@H](CO)c2ccccc2)C(C)(C)OC)CCc2c(Br)cccc2C1. The minimum Gasteiger partial charge on any atom is -0.394 e. The van der Waals surface area contributed by atoms with Crippen LogP contribution in [0.4, 0.5) is 0 Å². The van der Waals surface area contributed by atoms with E-state index in [1.165, 1.54) is 17.7 Å². The van der Waals surface area contributed by atoms with E-state index in [0.717, 1.165) is 15.6 Å². The number of fused-ring (bicyclic) bond motifs is 1. The number of carbonyl (C=O) groups excluding carboxylic acids is 1. The largest absolute Gasteiger partial charge is 0.394 e. The van der Waals surface area contributed by atoms with Crippen molar-refractivity contribution >= 4 is 21.8 Å². The molecule has 6 nitrogen and oxygen atoms in total. The maximum absolute atomic E-state index is 14.0. The van der Waals surface area contributed by atoms with Gasteiger partial charge in [-0.05, 0) is 49.4 Å². The third-order valence-electron chi connectivity index (χ3n) is 6.66. The highest BCUT2D eigenvalue weighted by molar-refractivity contribution is 9.10. The van der Waals surface area contributed by atoms with E-state index in [1.807, 2.05) is 56.3 Å². The number of carbonyl (C=O) groups is 1. The van der Waals surface area contributed by atoms with Crippen LogP contribution in [0.5, 0.6) is 0 Å². The molecular weight excluding hydrogens is 472 g/mol. The van der Waals surface area contributed by atoms with Gasteiger partial charge in [0.1, 0.15) is 11.3 Å². The van der Waals surface area contributed by atoms with Gasteiger partial charge in [-0.25, -0.2) is 5.06 Å². The Morgan fingerprint density at radius 3 is 2.47 bits per heavy atom. The Morgan fingerprint density at radius 1 is 1.19 bits per heavy atom. The van der Waals surface area contributed by atoms with Gasteiger partial charge in [0.15, 0.2) is 0 Å². The second-order valence-electron chi connectivity index (χ2n) is 8.70. The van der Waals surface area contributed by atoms with Gasteiger partial charge in [0, 0.05) is 25.1 Å². The van der Waals surface area contributed by atoms with Crippen LogP contribution in [0, 0.1) is 0 Å². The average Bonchev–Trinajstić information content (AvgIpc) is 2.81. The average molecular weight is 505 g/mol. The van der Waals surface area contributed by atoms with Gasteiger partial charge in [0.25, 0.3) is 5.91 Å². The van der Waals surface area contributed by atoms with Crippen LogP contribution in [0.2, 0.25) is 0 Å². The molecule has 0 heterocycles. The highest BCUT2D eigenvalue weighted by Gasteiger charge is 2.55. The van der Waals surface area contributed by atoms with Gasteiger partial charge >= 0.3 is 0 Å². The Balaban J connectivity index is 2.24. The number of nitrogens with zero attached hydrogens (tertiary/aromatic N) is 2. The quantitative estimate of drug-likeness (QED) is 0.432. The Bertz CT molecular complexity index is 937. The number of halogens is 1. The molecule has 2 aromatic carbocycles. The lowest BCUT2D eigenvalue weighted by Gasteiger charge is -2.55. The third-order valence-corrected chi connectivity index (χ3v) is 7.40. The minimum absolute atomic E-state index is 0.159. The smallest absolute Gasteiger partial charge is 0.266 e. The number of aliphatic hydroxyl groups is 1. The lowest BCUT2D eigenvalue weighted by Crippen LogP contribution is -2.68. The molecule has 174 valence electrons. The molecule has 0 radical (unpaired) electrons. The van der Waals surface area contributed by atoms with Crippen LogP contribution >= 0.6 is 15.9 Å². The topological polar surface area (TPSA) is 62.2 Å². The number of rotatable bonds is 8. The number of amides is 1. The lowest BCUT2D eigenvalue weighted by atomic mass is 9.74. The second-order valence-corrected chi connectivity index (χ2v) is 9.56. The van der Waals surface area contributed by atoms with Gasteiger partial charge < -0.3 is 9.84 Å². The van der Waals surface area contributed by atoms with Crippen molar-refractivity contribution in [2.45, 2.75) is 50.4 Å². The van der Waals surface area contributed by atoms with Crippen LogP contribution in [0.1, 0.15) is 43.0 Å². The van der Waals surface area contributed by atoms with Gasteiger partial charge in [0.2, 0.25) is 0 Å². The molecule has 0 spiro atoms. The van der Waals surface area contributed by atoms with Crippen molar-refractivity contribution in [3.05, 3.63) is 69.7 Å². The zero-order valence-corrected chi connectivity index (χ0v) is 21.1. The zero-order chi connectivity index (χ0) is 23.5. The first-order chi connectivity index (χ1) is 15.2. The highest BCUT2D eigenvalue weighted by atomic mass is 79.9. The van der Waals surface area contributed by atoms with Crippen molar-refractivity contribution in [1.82, 2.24) is 9.96 Å². The van der Waals surface area contributed by atoms with E-state index < -0.39 is 17.3 Å². The minimum atomic E-state index is -0.985. The summed E-state index contributed by atoms with van der Waals surface area (Å²) in [4.78, 5) is 21.4. The summed E-state index contributed by atoms with van der Waals surface area (Å²) in [5.74, 6) is -0.162. The van der Waals surface area contributed by atoms with Crippen molar-refractivity contribution in [3.63, 3.8) is 0 Å². The summed E-state index contributed by atoms with van der Waals surface area (Å²) >= 11 is 3.67. The molecule has 0 bridgehead atoms. The van der Waals surface area contributed by atoms with Gasteiger partial charge in [0.05, 0.1) is 19.8 Å². The lowest BCUT2D eigenvalue weighted by molar-refractivity contribution is -0.217. The molecule has 1 N–H and O–H groups in total. The fraction of sp³-hybridized carbons (Fsp3) is 0.480. The summed E-state index contributed by atoms with van der Waals surface area (Å²) < 4.78 is 7.00. The number of ether oxygens (including phenoxy) is 1. The maximum Gasteiger partial charge on any atom is 0.266 e. The van der Waals surface area contributed by atoms with Crippen LogP contribution in [0.25, 0.3) is 0 Å². The molecule has 0 aliphatic heterocycles. The van der Waals surface area contributed by atoms with E-state index in [1.54, 1.807) is 14.2 Å². The molecule has 3 rings (SSSR count). The molecule has 2 aromatic rings. The first-order valence-electron chi connectivity index (χ1n) is 10.8. The molecule has 7 heteroatoms. The molecular formula is C25H33BrN2O4. The normalized spacial score (nSPS) is 19.5. The van der Waals surface area contributed by atoms with Crippen molar-refractivity contribution in [2.75, 3.05) is 27.9 Å². The summed E-state index contributed by atoms with van der Waals surface area (Å²) in [5.41, 5.74) is 1.40. The van der Waals surface area contributed by atoms with Gasteiger partial charge in [-0.2, -0.15) is 0 Å². The predicted octanol–water partition coefficient (Wildman–Crippen LogP) is 4.11. The van der Waals surface area contributed by atoms with Crippen LogP contribution in [-0.2, 0) is 27.2 Å². The highest BCUT2D eigenvalue weighted by Crippen LogP contribution is 2.45. The van der Waals surface area contributed by atoms with Gasteiger partial charge in [-0.1, -0.05) is 58.4 Å². The number of benzene rings is 2. The molecule has 0 fully saturated rings. The van der Waals surface area contributed by atoms with E-state index >= 15 is 0 Å². The Morgan fingerprint density at radius 2 is 1.88 bits per heavy atom.